The van der Waals surface area contributed by atoms with Gasteiger partial charge >= 0.3 is 0 Å². The van der Waals surface area contributed by atoms with E-state index in [1.165, 1.54) is 25.7 Å². The van der Waals surface area contributed by atoms with Crippen LogP contribution < -0.4 is 5.73 Å². The van der Waals surface area contributed by atoms with Gasteiger partial charge in [-0.15, -0.1) is 0 Å². The summed E-state index contributed by atoms with van der Waals surface area (Å²) >= 11 is 0. The molecule has 0 aromatic carbocycles. The van der Waals surface area contributed by atoms with Gasteiger partial charge in [0, 0.05) is 12.1 Å². The summed E-state index contributed by atoms with van der Waals surface area (Å²) in [5, 5.41) is 9.59. The smallest absolute Gasteiger partial charge is 0.0602 e. The van der Waals surface area contributed by atoms with Crippen molar-refractivity contribution < 1.29 is 5.11 Å². The molecule has 0 radical (unpaired) electrons. The molecule has 104 valence electrons. The molecule has 3 heteroatoms. The summed E-state index contributed by atoms with van der Waals surface area (Å²) in [6.45, 7) is 11.0. The van der Waals surface area contributed by atoms with E-state index >= 15 is 0 Å². The van der Waals surface area contributed by atoms with Gasteiger partial charge in [-0.3, -0.25) is 4.90 Å². The van der Waals surface area contributed by atoms with Crippen molar-refractivity contribution in [2.24, 2.45) is 11.7 Å². The minimum atomic E-state index is 0.0636. The van der Waals surface area contributed by atoms with Gasteiger partial charge in [0.05, 0.1) is 6.61 Å². The normalized spacial score (nSPS) is 15.5. The highest BCUT2D eigenvalue weighted by molar-refractivity contribution is 4.83. The van der Waals surface area contributed by atoms with E-state index in [0.717, 1.165) is 13.1 Å². The number of unbranched alkanes of at least 4 members (excludes halogenated alkanes) is 2. The summed E-state index contributed by atoms with van der Waals surface area (Å²) in [5.41, 5.74) is 6.21. The molecule has 17 heavy (non-hydrogen) atoms. The highest BCUT2D eigenvalue weighted by Crippen LogP contribution is 2.13. The molecule has 2 atom stereocenters. The van der Waals surface area contributed by atoms with Crippen LogP contribution in [0.4, 0.5) is 0 Å². The molecule has 0 aromatic heterocycles. The van der Waals surface area contributed by atoms with Crippen LogP contribution in [0.25, 0.3) is 0 Å². The Morgan fingerprint density at radius 1 is 1.06 bits per heavy atom. The van der Waals surface area contributed by atoms with Crippen molar-refractivity contribution in [2.45, 2.75) is 65.5 Å². The van der Waals surface area contributed by atoms with Crippen LogP contribution in [0.5, 0.6) is 0 Å². The standard InChI is InChI=1S/C14H32N2O/c1-5-7-9-16(10-8-6-2)13(11-17)14(15)12(3)4/h12-14,17H,5-11,15H2,1-4H3. The van der Waals surface area contributed by atoms with E-state index in [0.29, 0.717) is 5.92 Å². The Labute approximate surface area is 107 Å². The van der Waals surface area contributed by atoms with Gasteiger partial charge < -0.3 is 10.8 Å². The fourth-order valence-electron chi connectivity index (χ4n) is 2.09. The quantitative estimate of drug-likeness (QED) is 0.619. The Hall–Kier alpha value is -0.120. The molecule has 0 aromatic rings. The minimum Gasteiger partial charge on any atom is -0.395 e. The van der Waals surface area contributed by atoms with E-state index < -0.39 is 0 Å². The zero-order valence-corrected chi connectivity index (χ0v) is 12.2. The molecule has 0 aliphatic carbocycles. The summed E-state index contributed by atoms with van der Waals surface area (Å²) in [5.74, 6) is 0.415. The lowest BCUT2D eigenvalue weighted by Crippen LogP contribution is -2.53. The fourth-order valence-corrected chi connectivity index (χ4v) is 2.09. The molecule has 3 N–H and O–H groups in total. The van der Waals surface area contributed by atoms with Crippen molar-refractivity contribution >= 4 is 0 Å². The first kappa shape index (κ1) is 16.9. The number of hydrogen-bond acceptors (Lipinski definition) is 3. The van der Waals surface area contributed by atoms with Gasteiger partial charge in [0.25, 0.3) is 0 Å². The topological polar surface area (TPSA) is 49.5 Å². The molecule has 0 rings (SSSR count). The summed E-state index contributed by atoms with van der Waals surface area (Å²) in [6.07, 6.45) is 4.76. The third-order valence-electron chi connectivity index (χ3n) is 3.47. The Balaban J connectivity index is 4.46. The molecule has 0 aliphatic heterocycles. The summed E-state index contributed by atoms with van der Waals surface area (Å²) < 4.78 is 0. The van der Waals surface area contributed by atoms with Crippen LogP contribution in [-0.2, 0) is 0 Å². The molecular weight excluding hydrogens is 212 g/mol. The maximum atomic E-state index is 9.59. The van der Waals surface area contributed by atoms with E-state index in [2.05, 4.69) is 32.6 Å². The first-order valence-corrected chi connectivity index (χ1v) is 7.18. The van der Waals surface area contributed by atoms with Crippen LogP contribution in [0.1, 0.15) is 53.4 Å². The minimum absolute atomic E-state index is 0.0636. The monoisotopic (exact) mass is 244 g/mol. The van der Waals surface area contributed by atoms with Gasteiger partial charge in [0.1, 0.15) is 0 Å². The largest absolute Gasteiger partial charge is 0.395 e. The first-order valence-electron chi connectivity index (χ1n) is 7.18. The number of nitrogens with two attached hydrogens (primary N) is 1. The number of nitrogens with zero attached hydrogens (tertiary/aromatic N) is 1. The molecular formula is C14H32N2O. The molecule has 0 amide bonds. The molecule has 0 saturated heterocycles. The van der Waals surface area contributed by atoms with Crippen molar-refractivity contribution in [3.05, 3.63) is 0 Å². The van der Waals surface area contributed by atoms with Crippen LogP contribution in [0.2, 0.25) is 0 Å². The third-order valence-corrected chi connectivity index (χ3v) is 3.47. The van der Waals surface area contributed by atoms with E-state index in [-0.39, 0.29) is 18.7 Å². The van der Waals surface area contributed by atoms with Gasteiger partial charge in [0.15, 0.2) is 0 Å². The highest BCUT2D eigenvalue weighted by Gasteiger charge is 2.25. The van der Waals surface area contributed by atoms with Gasteiger partial charge in [-0.2, -0.15) is 0 Å². The third kappa shape index (κ3) is 6.39. The van der Waals surface area contributed by atoms with Crippen molar-refractivity contribution in [1.82, 2.24) is 4.90 Å². The van der Waals surface area contributed by atoms with Gasteiger partial charge in [0.2, 0.25) is 0 Å². The summed E-state index contributed by atoms with van der Waals surface area (Å²) in [7, 11) is 0. The van der Waals surface area contributed by atoms with Crippen LogP contribution in [0, 0.1) is 5.92 Å². The molecule has 2 unspecified atom stereocenters. The van der Waals surface area contributed by atoms with E-state index in [1.54, 1.807) is 0 Å². The lowest BCUT2D eigenvalue weighted by Gasteiger charge is -2.36. The van der Waals surface area contributed by atoms with Crippen LogP contribution in [0.3, 0.4) is 0 Å². The fraction of sp³-hybridized carbons (Fsp3) is 1.00. The van der Waals surface area contributed by atoms with Crippen LogP contribution in [-0.4, -0.2) is 41.8 Å². The molecule has 0 spiro atoms. The van der Waals surface area contributed by atoms with Gasteiger partial charge in [-0.1, -0.05) is 40.5 Å². The summed E-state index contributed by atoms with van der Waals surface area (Å²) in [4.78, 5) is 2.39. The van der Waals surface area contributed by atoms with Crippen molar-refractivity contribution in [2.75, 3.05) is 19.7 Å². The van der Waals surface area contributed by atoms with E-state index in [9.17, 15) is 5.11 Å². The average Bonchev–Trinajstić information content (AvgIpc) is 2.32. The molecule has 0 bridgehead atoms. The predicted octanol–water partition coefficient (Wildman–Crippen LogP) is 2.23. The van der Waals surface area contributed by atoms with Crippen LogP contribution >= 0.6 is 0 Å². The second kappa shape index (κ2) is 9.86. The molecule has 3 nitrogen and oxygen atoms in total. The highest BCUT2D eigenvalue weighted by atomic mass is 16.3. The van der Waals surface area contributed by atoms with Crippen LogP contribution in [0.15, 0.2) is 0 Å². The lowest BCUT2D eigenvalue weighted by atomic mass is 9.96. The second-order valence-corrected chi connectivity index (χ2v) is 5.31. The van der Waals surface area contributed by atoms with E-state index in [4.69, 9.17) is 5.73 Å². The average molecular weight is 244 g/mol. The number of hydrogen-bond donors (Lipinski definition) is 2. The SMILES string of the molecule is CCCCN(CCCC)C(CO)C(N)C(C)C. The Kier molecular flexibility index (Phi) is 9.79. The molecule has 0 heterocycles. The van der Waals surface area contributed by atoms with Gasteiger partial charge in [-0.05, 0) is 31.8 Å². The second-order valence-electron chi connectivity index (χ2n) is 5.31. The number of aliphatic hydroxyl groups is 1. The van der Waals surface area contributed by atoms with Crippen molar-refractivity contribution in [1.29, 1.82) is 0 Å². The first-order chi connectivity index (χ1) is 8.08. The van der Waals surface area contributed by atoms with Crippen molar-refractivity contribution in [3.63, 3.8) is 0 Å². The van der Waals surface area contributed by atoms with E-state index in [1.807, 2.05) is 0 Å². The zero-order chi connectivity index (χ0) is 13.3. The Morgan fingerprint density at radius 3 is 1.82 bits per heavy atom. The zero-order valence-electron chi connectivity index (χ0n) is 12.2. The maximum absolute atomic E-state index is 9.59. The maximum Gasteiger partial charge on any atom is 0.0602 e. The summed E-state index contributed by atoms with van der Waals surface area (Å²) in [6, 6.07) is 0.182. The molecule has 0 saturated carbocycles. The van der Waals surface area contributed by atoms with Gasteiger partial charge in [-0.25, -0.2) is 0 Å². The Bertz CT molecular complexity index is 166. The lowest BCUT2D eigenvalue weighted by molar-refractivity contribution is 0.0887. The van der Waals surface area contributed by atoms with Crippen molar-refractivity contribution in [3.8, 4) is 0 Å². The molecule has 0 fully saturated rings. The number of rotatable bonds is 10. The predicted molar refractivity (Wildman–Crippen MR) is 75.1 cm³/mol. The molecule has 0 aliphatic rings. The Morgan fingerprint density at radius 2 is 1.53 bits per heavy atom. The number of aliphatic hydroxyl groups excluding tert-OH is 1.